The molecule has 6 nitrogen and oxygen atoms in total. The van der Waals surface area contributed by atoms with E-state index in [1.807, 2.05) is 0 Å². The van der Waals surface area contributed by atoms with E-state index < -0.39 is 41.9 Å². The van der Waals surface area contributed by atoms with E-state index in [9.17, 15) is 18.8 Å². The molecule has 1 saturated heterocycles. The Labute approximate surface area is 133 Å². The van der Waals surface area contributed by atoms with Gasteiger partial charge in [-0.3, -0.25) is 19.4 Å². The molecule has 2 rings (SSSR count). The molecule has 0 aliphatic carbocycles. The molecule has 1 aromatic rings. The Hall–Kier alpha value is -2.44. The lowest BCUT2D eigenvalue weighted by Gasteiger charge is -2.22. The third kappa shape index (κ3) is 3.67. The number of carbonyl (C=O) groups is 3. The molecular formula is C16H19FN2O4. The summed E-state index contributed by atoms with van der Waals surface area (Å²) in [5, 5.41) is 0. The van der Waals surface area contributed by atoms with Crippen LogP contribution >= 0.6 is 0 Å². The third-order valence-corrected chi connectivity index (χ3v) is 3.26. The van der Waals surface area contributed by atoms with E-state index in [-0.39, 0.29) is 0 Å². The van der Waals surface area contributed by atoms with Crippen LogP contribution in [0.3, 0.4) is 0 Å². The fourth-order valence-electron chi connectivity index (χ4n) is 2.31. The molecule has 1 atom stereocenters. The van der Waals surface area contributed by atoms with Gasteiger partial charge in [0, 0.05) is 5.69 Å². The van der Waals surface area contributed by atoms with Crippen molar-refractivity contribution in [3.05, 3.63) is 30.1 Å². The number of anilines is 1. The van der Waals surface area contributed by atoms with Crippen LogP contribution in [-0.2, 0) is 14.3 Å². The molecule has 0 saturated carbocycles. The van der Waals surface area contributed by atoms with Crippen molar-refractivity contribution in [3.8, 4) is 0 Å². The van der Waals surface area contributed by atoms with Crippen LogP contribution < -0.4 is 4.90 Å². The molecule has 0 radical (unpaired) electrons. The Kier molecular flexibility index (Phi) is 4.40. The molecule has 7 heteroatoms. The van der Waals surface area contributed by atoms with Gasteiger partial charge in [0.1, 0.15) is 24.0 Å². The van der Waals surface area contributed by atoms with Crippen LogP contribution in [-0.4, -0.2) is 41.0 Å². The zero-order valence-corrected chi connectivity index (χ0v) is 13.5. The number of nitrogens with zero attached hydrogens (tertiary/aromatic N) is 2. The number of hydrogen-bond donors (Lipinski definition) is 0. The lowest BCUT2D eigenvalue weighted by atomic mass is 10.2. The highest BCUT2D eigenvalue weighted by atomic mass is 19.1. The summed E-state index contributed by atoms with van der Waals surface area (Å²) in [7, 11) is 0. The normalized spacial score (nSPS) is 18.6. The van der Waals surface area contributed by atoms with Crippen molar-refractivity contribution < 1.29 is 23.5 Å². The zero-order valence-electron chi connectivity index (χ0n) is 13.5. The van der Waals surface area contributed by atoms with Crippen molar-refractivity contribution in [3.63, 3.8) is 0 Å². The van der Waals surface area contributed by atoms with E-state index in [1.165, 1.54) is 29.2 Å². The van der Waals surface area contributed by atoms with E-state index in [0.29, 0.717) is 5.69 Å². The van der Waals surface area contributed by atoms with Gasteiger partial charge in [-0.2, -0.15) is 0 Å². The molecule has 1 fully saturated rings. The van der Waals surface area contributed by atoms with Crippen LogP contribution in [0, 0.1) is 5.82 Å². The minimum absolute atomic E-state index is 0.393. The van der Waals surface area contributed by atoms with Crippen molar-refractivity contribution in [1.29, 1.82) is 0 Å². The predicted molar refractivity (Wildman–Crippen MR) is 81.3 cm³/mol. The summed E-state index contributed by atoms with van der Waals surface area (Å²) in [6, 6.07) is 3.84. The number of esters is 1. The summed E-state index contributed by atoms with van der Waals surface area (Å²) >= 11 is 0. The summed E-state index contributed by atoms with van der Waals surface area (Å²) in [6.45, 7) is 6.21. The maximum atomic E-state index is 13.0. The van der Waals surface area contributed by atoms with Gasteiger partial charge in [-0.05, 0) is 52.0 Å². The smallest absolute Gasteiger partial charge is 0.332 e. The summed E-state index contributed by atoms with van der Waals surface area (Å²) in [4.78, 5) is 38.6. The van der Waals surface area contributed by atoms with Crippen LogP contribution in [0.4, 0.5) is 14.9 Å². The number of imide groups is 1. The second-order valence-corrected chi connectivity index (χ2v) is 6.32. The Bertz CT molecular complexity index is 636. The van der Waals surface area contributed by atoms with Gasteiger partial charge in [0.15, 0.2) is 0 Å². The van der Waals surface area contributed by atoms with Crippen molar-refractivity contribution >= 4 is 23.6 Å². The van der Waals surface area contributed by atoms with Crippen molar-refractivity contribution in [2.75, 3.05) is 11.4 Å². The summed E-state index contributed by atoms with van der Waals surface area (Å²) in [6.07, 6.45) is 0. The molecule has 124 valence electrons. The molecule has 1 heterocycles. The first kappa shape index (κ1) is 16.9. The first-order valence-electron chi connectivity index (χ1n) is 7.22. The number of urea groups is 1. The van der Waals surface area contributed by atoms with Crippen LogP contribution in [0.5, 0.6) is 0 Å². The van der Waals surface area contributed by atoms with E-state index in [1.54, 1.807) is 27.7 Å². The highest BCUT2D eigenvalue weighted by molar-refractivity contribution is 6.15. The second kappa shape index (κ2) is 5.98. The number of halogens is 1. The average molecular weight is 322 g/mol. The lowest BCUT2D eigenvalue weighted by Crippen LogP contribution is -2.39. The molecule has 3 amide bonds. The predicted octanol–water partition coefficient (Wildman–Crippen LogP) is 2.32. The van der Waals surface area contributed by atoms with Crippen molar-refractivity contribution in [2.24, 2.45) is 0 Å². The molecule has 1 aromatic carbocycles. The van der Waals surface area contributed by atoms with Gasteiger partial charge in [-0.25, -0.2) is 9.18 Å². The molecule has 0 N–H and O–H groups in total. The standard InChI is InChI=1S/C16H19FN2O4/c1-10-14(21)18(9-13(20)23-16(2,3)4)15(22)19(10)12-7-5-11(17)6-8-12/h5-8,10H,9H2,1-4H3/t10-/m1/s1. The number of benzene rings is 1. The molecule has 0 bridgehead atoms. The lowest BCUT2D eigenvalue weighted by molar-refractivity contribution is -0.157. The van der Waals surface area contributed by atoms with Crippen LogP contribution in [0.25, 0.3) is 0 Å². The first-order valence-corrected chi connectivity index (χ1v) is 7.22. The largest absolute Gasteiger partial charge is 0.459 e. The van der Waals surface area contributed by atoms with Crippen molar-refractivity contribution in [2.45, 2.75) is 39.3 Å². The fourth-order valence-corrected chi connectivity index (χ4v) is 2.31. The van der Waals surface area contributed by atoms with Crippen molar-refractivity contribution in [1.82, 2.24) is 4.90 Å². The number of hydrogen-bond acceptors (Lipinski definition) is 4. The van der Waals surface area contributed by atoms with E-state index in [0.717, 1.165) is 4.90 Å². The van der Waals surface area contributed by atoms with Gasteiger partial charge in [0.2, 0.25) is 0 Å². The van der Waals surface area contributed by atoms with E-state index in [2.05, 4.69) is 0 Å². The Balaban J connectivity index is 2.18. The Morgan fingerprint density at radius 3 is 2.30 bits per heavy atom. The minimum Gasteiger partial charge on any atom is -0.459 e. The van der Waals surface area contributed by atoms with Gasteiger partial charge in [0.25, 0.3) is 5.91 Å². The van der Waals surface area contributed by atoms with Gasteiger partial charge in [-0.1, -0.05) is 0 Å². The number of ether oxygens (including phenoxy) is 1. The molecule has 23 heavy (non-hydrogen) atoms. The monoisotopic (exact) mass is 322 g/mol. The highest BCUT2D eigenvalue weighted by Crippen LogP contribution is 2.26. The summed E-state index contributed by atoms with van der Waals surface area (Å²) < 4.78 is 18.1. The summed E-state index contributed by atoms with van der Waals surface area (Å²) in [5.41, 5.74) is -0.311. The molecule has 1 aliphatic heterocycles. The van der Waals surface area contributed by atoms with Crippen LogP contribution in [0.2, 0.25) is 0 Å². The van der Waals surface area contributed by atoms with Gasteiger partial charge in [-0.15, -0.1) is 0 Å². The van der Waals surface area contributed by atoms with Crippen LogP contribution in [0.1, 0.15) is 27.7 Å². The summed E-state index contributed by atoms with van der Waals surface area (Å²) in [5.74, 6) is -1.59. The number of carbonyl (C=O) groups excluding carboxylic acids is 3. The van der Waals surface area contributed by atoms with E-state index in [4.69, 9.17) is 4.74 Å². The minimum atomic E-state index is -0.768. The molecule has 1 aliphatic rings. The average Bonchev–Trinajstić information content (AvgIpc) is 2.62. The number of amides is 3. The SMILES string of the molecule is C[C@@H]1C(=O)N(CC(=O)OC(C)(C)C)C(=O)N1c1ccc(F)cc1. The highest BCUT2D eigenvalue weighted by Gasteiger charge is 2.44. The van der Waals surface area contributed by atoms with Gasteiger partial charge in [0.05, 0.1) is 0 Å². The third-order valence-electron chi connectivity index (χ3n) is 3.26. The fraction of sp³-hybridized carbons (Fsp3) is 0.438. The number of rotatable bonds is 3. The molecular weight excluding hydrogens is 303 g/mol. The van der Waals surface area contributed by atoms with Gasteiger partial charge >= 0.3 is 12.0 Å². The van der Waals surface area contributed by atoms with E-state index >= 15 is 0 Å². The maximum Gasteiger partial charge on any atom is 0.332 e. The second-order valence-electron chi connectivity index (χ2n) is 6.32. The maximum absolute atomic E-state index is 13.0. The molecule has 0 spiro atoms. The topological polar surface area (TPSA) is 66.9 Å². The Morgan fingerprint density at radius 2 is 1.78 bits per heavy atom. The Morgan fingerprint density at radius 1 is 1.22 bits per heavy atom. The molecule has 0 aromatic heterocycles. The molecule has 0 unspecified atom stereocenters. The first-order chi connectivity index (χ1) is 10.6. The quantitative estimate of drug-likeness (QED) is 0.633. The van der Waals surface area contributed by atoms with Gasteiger partial charge < -0.3 is 4.74 Å². The van der Waals surface area contributed by atoms with Crippen LogP contribution in [0.15, 0.2) is 24.3 Å². The zero-order chi connectivity index (χ0) is 17.4.